The first-order valence-electron chi connectivity index (χ1n) is 10.7. The van der Waals surface area contributed by atoms with E-state index >= 15 is 0 Å². The third kappa shape index (κ3) is 7.81. The van der Waals surface area contributed by atoms with Gasteiger partial charge in [0.05, 0.1) is 19.8 Å². The molecule has 0 aliphatic carbocycles. The van der Waals surface area contributed by atoms with E-state index in [1.807, 2.05) is 0 Å². The second-order valence-electron chi connectivity index (χ2n) is 7.81. The third-order valence-corrected chi connectivity index (χ3v) is 4.90. The average molecular weight is 435 g/mol. The van der Waals surface area contributed by atoms with Crippen LogP contribution in [0.15, 0.2) is 24.3 Å². The van der Waals surface area contributed by atoms with Crippen LogP contribution in [-0.4, -0.2) is 43.3 Å². The minimum atomic E-state index is -1.31. The number of benzene rings is 1. The van der Waals surface area contributed by atoms with Gasteiger partial charge in [0.1, 0.15) is 29.2 Å². The Labute approximate surface area is 184 Å². The van der Waals surface area contributed by atoms with Crippen LogP contribution in [0.3, 0.4) is 0 Å². The number of hydrogen-bond acceptors (Lipinski definition) is 7. The lowest BCUT2D eigenvalue weighted by molar-refractivity contribution is -0.157. The summed E-state index contributed by atoms with van der Waals surface area (Å²) in [7, 11) is 0. The van der Waals surface area contributed by atoms with E-state index in [4.69, 9.17) is 14.2 Å². The highest BCUT2D eigenvalue weighted by atomic mass is 16.5. The summed E-state index contributed by atoms with van der Waals surface area (Å²) in [6, 6.07) is 6.74. The molecule has 1 aromatic carbocycles. The molecule has 1 rings (SSSR count). The van der Waals surface area contributed by atoms with Crippen molar-refractivity contribution in [1.82, 2.24) is 0 Å². The maximum absolute atomic E-state index is 12.6. The molecule has 7 nitrogen and oxygen atoms in total. The molecule has 0 spiro atoms. The van der Waals surface area contributed by atoms with Crippen LogP contribution in [0.2, 0.25) is 0 Å². The van der Waals surface area contributed by atoms with Crippen molar-refractivity contribution in [2.75, 3.05) is 19.8 Å². The maximum atomic E-state index is 12.6. The Hall–Kier alpha value is -2.70. The Morgan fingerprint density at radius 3 is 1.61 bits per heavy atom. The minimum Gasteiger partial charge on any atom is -0.494 e. The second-order valence-corrected chi connectivity index (χ2v) is 7.81. The number of carbonyl (C=O) groups is 4. The molecule has 0 heterocycles. The SMILES string of the molecule is CCOC(=O)[C@@H](C(C)=O)C(c1ccc(OCCC(C)C)cc1)[C@@H](C(C)=O)C(=O)OCC. The Kier molecular flexibility index (Phi) is 10.9. The molecule has 0 aromatic heterocycles. The molecule has 0 fully saturated rings. The Balaban J connectivity index is 3.40. The van der Waals surface area contributed by atoms with Gasteiger partial charge in [-0.1, -0.05) is 26.0 Å². The topological polar surface area (TPSA) is 96.0 Å². The van der Waals surface area contributed by atoms with E-state index < -0.39 is 41.3 Å². The molecule has 3 atom stereocenters. The lowest BCUT2D eigenvalue weighted by Gasteiger charge is -2.29. The monoisotopic (exact) mass is 434 g/mol. The lowest BCUT2D eigenvalue weighted by Crippen LogP contribution is -2.40. The van der Waals surface area contributed by atoms with Gasteiger partial charge < -0.3 is 14.2 Å². The predicted molar refractivity (Wildman–Crippen MR) is 116 cm³/mol. The van der Waals surface area contributed by atoms with Gasteiger partial charge in [-0.3, -0.25) is 19.2 Å². The molecule has 0 amide bonds. The fourth-order valence-corrected chi connectivity index (χ4v) is 3.37. The summed E-state index contributed by atoms with van der Waals surface area (Å²) in [5, 5.41) is 0. The summed E-state index contributed by atoms with van der Waals surface area (Å²) >= 11 is 0. The van der Waals surface area contributed by atoms with Crippen molar-refractivity contribution in [3.63, 3.8) is 0 Å². The van der Waals surface area contributed by atoms with E-state index in [-0.39, 0.29) is 13.2 Å². The molecule has 0 aliphatic rings. The van der Waals surface area contributed by atoms with E-state index in [0.717, 1.165) is 6.42 Å². The number of ether oxygens (including phenoxy) is 3. The van der Waals surface area contributed by atoms with Crippen molar-refractivity contribution in [3.8, 4) is 5.75 Å². The van der Waals surface area contributed by atoms with Crippen molar-refractivity contribution in [3.05, 3.63) is 29.8 Å². The molecule has 7 heteroatoms. The molecule has 0 aliphatic heterocycles. The second kappa shape index (κ2) is 12.9. The number of carbonyl (C=O) groups excluding carboxylic acids is 4. The molecular formula is C24H34O7. The predicted octanol–water partition coefficient (Wildman–Crippen LogP) is 3.73. The van der Waals surface area contributed by atoms with Crippen LogP contribution in [-0.2, 0) is 28.7 Å². The van der Waals surface area contributed by atoms with Crippen molar-refractivity contribution in [2.24, 2.45) is 17.8 Å². The zero-order chi connectivity index (χ0) is 23.6. The van der Waals surface area contributed by atoms with Gasteiger partial charge in [-0.05, 0) is 57.7 Å². The molecule has 1 aromatic rings. The average Bonchev–Trinajstić information content (AvgIpc) is 2.67. The van der Waals surface area contributed by atoms with Crippen molar-refractivity contribution < 1.29 is 33.4 Å². The molecule has 0 bridgehead atoms. The van der Waals surface area contributed by atoms with Crippen LogP contribution in [0.4, 0.5) is 0 Å². The quantitative estimate of drug-likeness (QED) is 0.345. The number of hydrogen-bond donors (Lipinski definition) is 0. The summed E-state index contributed by atoms with van der Waals surface area (Å²) < 4.78 is 15.9. The van der Waals surface area contributed by atoms with Crippen molar-refractivity contribution in [2.45, 2.75) is 53.9 Å². The zero-order valence-corrected chi connectivity index (χ0v) is 19.3. The van der Waals surface area contributed by atoms with Gasteiger partial charge in [-0.15, -0.1) is 0 Å². The minimum absolute atomic E-state index is 0.0715. The molecule has 31 heavy (non-hydrogen) atoms. The van der Waals surface area contributed by atoms with Crippen LogP contribution in [0.25, 0.3) is 0 Å². The number of rotatable bonds is 13. The largest absolute Gasteiger partial charge is 0.494 e. The van der Waals surface area contributed by atoms with Gasteiger partial charge in [0.25, 0.3) is 0 Å². The molecule has 0 saturated heterocycles. The van der Waals surface area contributed by atoms with Gasteiger partial charge in [0.2, 0.25) is 0 Å². The van der Waals surface area contributed by atoms with Gasteiger partial charge in [0.15, 0.2) is 0 Å². The molecule has 1 unspecified atom stereocenters. The van der Waals surface area contributed by atoms with E-state index in [1.54, 1.807) is 38.1 Å². The first-order valence-corrected chi connectivity index (χ1v) is 10.7. The summed E-state index contributed by atoms with van der Waals surface area (Å²) in [6.45, 7) is 10.7. The lowest BCUT2D eigenvalue weighted by atomic mass is 9.73. The summed E-state index contributed by atoms with van der Waals surface area (Å²) in [4.78, 5) is 50.2. The van der Waals surface area contributed by atoms with Crippen LogP contribution < -0.4 is 4.74 Å². The van der Waals surface area contributed by atoms with Crippen molar-refractivity contribution >= 4 is 23.5 Å². The van der Waals surface area contributed by atoms with Crippen LogP contribution in [0, 0.1) is 17.8 Å². The van der Waals surface area contributed by atoms with E-state index in [9.17, 15) is 19.2 Å². The van der Waals surface area contributed by atoms with Gasteiger partial charge >= 0.3 is 11.9 Å². The third-order valence-electron chi connectivity index (χ3n) is 4.90. The van der Waals surface area contributed by atoms with E-state index in [1.165, 1.54) is 13.8 Å². The summed E-state index contributed by atoms with van der Waals surface area (Å²) in [6.07, 6.45) is 0.898. The van der Waals surface area contributed by atoms with Crippen LogP contribution >= 0.6 is 0 Å². The summed E-state index contributed by atoms with van der Waals surface area (Å²) in [5.74, 6) is -5.07. The van der Waals surface area contributed by atoms with Crippen LogP contribution in [0.1, 0.15) is 59.4 Å². The first-order chi connectivity index (χ1) is 14.6. The normalized spacial score (nSPS) is 13.8. The number of ketones is 2. The first kappa shape index (κ1) is 26.3. The zero-order valence-electron chi connectivity index (χ0n) is 19.3. The molecule has 0 N–H and O–H groups in total. The highest BCUT2D eigenvalue weighted by Gasteiger charge is 2.45. The number of Topliss-reactive ketones (excluding diaryl/α,β-unsaturated/α-hetero) is 2. The van der Waals surface area contributed by atoms with Gasteiger partial charge in [0, 0.05) is 5.92 Å². The fourth-order valence-electron chi connectivity index (χ4n) is 3.37. The smallest absolute Gasteiger partial charge is 0.317 e. The molecule has 0 radical (unpaired) electrons. The Morgan fingerprint density at radius 2 is 1.26 bits per heavy atom. The standard InChI is InChI=1S/C24H34O7/c1-7-29-23(27)20(16(5)25)22(21(17(6)26)24(28)30-8-2)18-9-11-19(12-10-18)31-14-13-15(3)4/h9-12,15,20-22H,7-8,13-14H2,1-6H3/t20-,21+,22?. The highest BCUT2D eigenvalue weighted by molar-refractivity contribution is 6.04. The summed E-state index contributed by atoms with van der Waals surface area (Å²) in [5.41, 5.74) is 0.484. The maximum Gasteiger partial charge on any atom is 0.317 e. The van der Waals surface area contributed by atoms with Crippen molar-refractivity contribution in [1.29, 1.82) is 0 Å². The Bertz CT molecular complexity index is 716. The number of esters is 2. The fraction of sp³-hybridized carbons (Fsp3) is 0.583. The molecule has 0 saturated carbocycles. The Morgan fingerprint density at radius 1 is 0.806 bits per heavy atom. The van der Waals surface area contributed by atoms with Gasteiger partial charge in [-0.25, -0.2) is 0 Å². The van der Waals surface area contributed by atoms with Gasteiger partial charge in [-0.2, -0.15) is 0 Å². The molecular weight excluding hydrogens is 400 g/mol. The van der Waals surface area contributed by atoms with E-state index in [0.29, 0.717) is 23.8 Å². The molecule has 172 valence electrons. The highest BCUT2D eigenvalue weighted by Crippen LogP contribution is 2.36. The van der Waals surface area contributed by atoms with E-state index in [2.05, 4.69) is 13.8 Å². The van der Waals surface area contributed by atoms with Crippen LogP contribution in [0.5, 0.6) is 5.75 Å².